The lowest BCUT2D eigenvalue weighted by Gasteiger charge is -2.15. The molecule has 0 spiro atoms. The van der Waals surface area contributed by atoms with E-state index >= 15 is 0 Å². The van der Waals surface area contributed by atoms with E-state index in [2.05, 4.69) is 10.4 Å². The lowest BCUT2D eigenvalue weighted by Crippen LogP contribution is -2.44. The summed E-state index contributed by atoms with van der Waals surface area (Å²) >= 11 is 0. The maximum Gasteiger partial charge on any atom is 0.326 e. The number of nitrogens with one attached hydrogen (secondary N) is 1. The molecule has 2 N–H and O–H groups in total. The largest absolute Gasteiger partial charge is 0.497 e. The molecule has 3 rings (SSSR count). The summed E-state index contributed by atoms with van der Waals surface area (Å²) in [6.07, 6.45) is 0.0847. The smallest absolute Gasteiger partial charge is 0.326 e. The Morgan fingerprint density at radius 2 is 1.90 bits per heavy atom. The molecule has 0 aliphatic carbocycles. The summed E-state index contributed by atoms with van der Waals surface area (Å²) in [6, 6.07) is 14.3. The van der Waals surface area contributed by atoms with E-state index < -0.39 is 35.8 Å². The van der Waals surface area contributed by atoms with E-state index in [9.17, 15) is 23.9 Å². The van der Waals surface area contributed by atoms with Crippen molar-refractivity contribution in [2.45, 2.75) is 19.0 Å². The molecule has 0 saturated heterocycles. The number of halogens is 1. The van der Waals surface area contributed by atoms with E-state index in [4.69, 9.17) is 4.74 Å². The van der Waals surface area contributed by atoms with Gasteiger partial charge in [0, 0.05) is 24.1 Å². The first kappa shape index (κ1) is 21.7. The van der Waals surface area contributed by atoms with Crippen LogP contribution in [0.2, 0.25) is 0 Å². The molecule has 1 atom stereocenters. The van der Waals surface area contributed by atoms with Crippen molar-refractivity contribution in [3.8, 4) is 17.0 Å². The van der Waals surface area contributed by atoms with Crippen molar-refractivity contribution < 1.29 is 23.8 Å². The minimum atomic E-state index is -1.20. The fraction of sp³-hybridized carbons (Fsp3) is 0.182. The first-order chi connectivity index (χ1) is 14.9. The SMILES string of the molecule is COc1ccc(-c2ccc(=O)n(CC(=O)N[C@H](Cc3ccccc3)C(=O)O)n2)c(F)c1. The standard InChI is InChI=1S/C22H20FN3O5/c1-31-15-7-8-16(17(23)12-15)18-9-10-21(28)26(25-18)13-20(27)24-19(22(29)30)11-14-5-3-2-4-6-14/h2-10,12,19H,11,13H2,1H3,(H,24,27)(H,29,30)/t19-/m1/s1. The third-order valence-corrected chi connectivity index (χ3v) is 4.53. The number of carbonyl (C=O) groups is 2. The molecule has 0 bridgehead atoms. The first-order valence-electron chi connectivity index (χ1n) is 9.35. The topological polar surface area (TPSA) is 111 Å². The van der Waals surface area contributed by atoms with E-state index in [1.165, 1.54) is 25.3 Å². The number of hydrogen-bond acceptors (Lipinski definition) is 5. The van der Waals surface area contributed by atoms with Crippen LogP contribution in [0.4, 0.5) is 4.39 Å². The molecule has 0 radical (unpaired) electrons. The Bertz CT molecular complexity index is 1150. The van der Waals surface area contributed by atoms with Gasteiger partial charge in [-0.15, -0.1) is 0 Å². The molecule has 1 amide bonds. The highest BCUT2D eigenvalue weighted by Crippen LogP contribution is 2.23. The Morgan fingerprint density at radius 1 is 1.16 bits per heavy atom. The van der Waals surface area contributed by atoms with Gasteiger partial charge in [0.25, 0.3) is 5.56 Å². The second-order valence-corrected chi connectivity index (χ2v) is 6.71. The monoisotopic (exact) mass is 425 g/mol. The summed E-state index contributed by atoms with van der Waals surface area (Å²) in [5.41, 5.74) is 0.430. The van der Waals surface area contributed by atoms with Gasteiger partial charge in [0.05, 0.1) is 12.8 Å². The Labute approximate surface area is 176 Å². The van der Waals surface area contributed by atoms with Crippen LogP contribution < -0.4 is 15.6 Å². The third kappa shape index (κ3) is 5.53. The van der Waals surface area contributed by atoms with Gasteiger partial charge in [-0.05, 0) is 23.8 Å². The minimum Gasteiger partial charge on any atom is -0.497 e. The number of aliphatic carboxylic acids is 1. The van der Waals surface area contributed by atoms with Gasteiger partial charge in [0.2, 0.25) is 5.91 Å². The second-order valence-electron chi connectivity index (χ2n) is 6.71. The van der Waals surface area contributed by atoms with Crippen LogP contribution >= 0.6 is 0 Å². The van der Waals surface area contributed by atoms with Crippen molar-refractivity contribution in [1.82, 2.24) is 15.1 Å². The van der Waals surface area contributed by atoms with Crippen molar-refractivity contribution in [3.63, 3.8) is 0 Å². The highest BCUT2D eigenvalue weighted by Gasteiger charge is 2.21. The highest BCUT2D eigenvalue weighted by atomic mass is 19.1. The zero-order chi connectivity index (χ0) is 22.4. The highest BCUT2D eigenvalue weighted by molar-refractivity contribution is 5.83. The maximum atomic E-state index is 14.3. The van der Waals surface area contributed by atoms with Crippen molar-refractivity contribution in [3.05, 3.63) is 82.4 Å². The molecule has 31 heavy (non-hydrogen) atoms. The van der Waals surface area contributed by atoms with Crippen LogP contribution in [0.1, 0.15) is 5.56 Å². The van der Waals surface area contributed by atoms with Crippen LogP contribution in [-0.2, 0) is 22.6 Å². The summed E-state index contributed by atoms with van der Waals surface area (Å²) in [6.45, 7) is -0.511. The number of ether oxygens (including phenoxy) is 1. The van der Waals surface area contributed by atoms with Crippen LogP contribution in [0.15, 0.2) is 65.5 Å². The predicted molar refractivity (Wildman–Crippen MR) is 110 cm³/mol. The molecule has 1 heterocycles. The van der Waals surface area contributed by atoms with Gasteiger partial charge in [0.1, 0.15) is 24.2 Å². The number of carbonyl (C=O) groups excluding carboxylic acids is 1. The molecule has 1 aromatic heterocycles. The Morgan fingerprint density at radius 3 is 2.55 bits per heavy atom. The quantitative estimate of drug-likeness (QED) is 0.570. The molecule has 3 aromatic rings. The summed E-state index contributed by atoms with van der Waals surface area (Å²) in [5, 5.41) is 15.9. The summed E-state index contributed by atoms with van der Waals surface area (Å²) in [4.78, 5) is 36.1. The van der Waals surface area contributed by atoms with Gasteiger partial charge in [0.15, 0.2) is 0 Å². The molecule has 0 aliphatic rings. The van der Waals surface area contributed by atoms with Gasteiger partial charge in [-0.1, -0.05) is 30.3 Å². The van der Waals surface area contributed by atoms with Gasteiger partial charge < -0.3 is 15.2 Å². The summed E-state index contributed by atoms with van der Waals surface area (Å²) in [7, 11) is 1.41. The number of nitrogens with zero attached hydrogens (tertiary/aromatic N) is 2. The van der Waals surface area contributed by atoms with Crippen molar-refractivity contribution in [2.24, 2.45) is 0 Å². The molecule has 0 aliphatic heterocycles. The molecule has 9 heteroatoms. The van der Waals surface area contributed by atoms with Crippen molar-refractivity contribution >= 4 is 11.9 Å². The molecular formula is C22H20FN3O5. The van der Waals surface area contributed by atoms with Gasteiger partial charge >= 0.3 is 5.97 Å². The second kappa shape index (κ2) is 9.66. The lowest BCUT2D eigenvalue weighted by molar-refractivity contribution is -0.141. The number of methoxy groups -OCH3 is 1. The van der Waals surface area contributed by atoms with E-state index in [1.807, 2.05) is 0 Å². The number of hydrogen-bond donors (Lipinski definition) is 2. The summed E-state index contributed by atoms with van der Waals surface area (Å²) in [5.74, 6) is -2.18. The Hall–Kier alpha value is -4.01. The van der Waals surface area contributed by atoms with Crippen LogP contribution in [-0.4, -0.2) is 39.9 Å². The lowest BCUT2D eigenvalue weighted by atomic mass is 10.1. The van der Waals surface area contributed by atoms with Crippen molar-refractivity contribution in [1.29, 1.82) is 0 Å². The number of rotatable bonds is 8. The van der Waals surface area contributed by atoms with Crippen molar-refractivity contribution in [2.75, 3.05) is 7.11 Å². The number of carboxylic acid groups (broad SMARTS) is 1. The van der Waals surface area contributed by atoms with E-state index in [-0.39, 0.29) is 17.7 Å². The van der Waals surface area contributed by atoms with Crippen LogP contribution in [0.25, 0.3) is 11.3 Å². The van der Waals surface area contributed by atoms with Gasteiger partial charge in [-0.25, -0.2) is 13.9 Å². The molecular weight excluding hydrogens is 405 g/mol. The molecule has 2 aromatic carbocycles. The zero-order valence-corrected chi connectivity index (χ0v) is 16.6. The van der Waals surface area contributed by atoms with Gasteiger partial charge in [-0.3, -0.25) is 9.59 Å². The molecule has 160 valence electrons. The summed E-state index contributed by atoms with van der Waals surface area (Å²) < 4.78 is 20.2. The fourth-order valence-electron chi connectivity index (χ4n) is 2.96. The Kier molecular flexibility index (Phi) is 6.76. The normalized spacial score (nSPS) is 11.5. The van der Waals surface area contributed by atoms with E-state index in [0.29, 0.717) is 5.75 Å². The predicted octanol–water partition coefficient (Wildman–Crippen LogP) is 1.87. The number of amides is 1. The molecule has 0 fully saturated rings. The first-order valence-corrected chi connectivity index (χ1v) is 9.35. The van der Waals surface area contributed by atoms with E-state index in [0.717, 1.165) is 16.3 Å². The molecule has 0 unspecified atom stereocenters. The van der Waals surface area contributed by atoms with E-state index in [1.54, 1.807) is 36.4 Å². The van der Waals surface area contributed by atoms with Crippen LogP contribution in [0.5, 0.6) is 5.75 Å². The van der Waals surface area contributed by atoms with Gasteiger partial charge in [-0.2, -0.15) is 5.10 Å². The average molecular weight is 425 g/mol. The maximum absolute atomic E-state index is 14.3. The molecule has 8 nitrogen and oxygen atoms in total. The zero-order valence-electron chi connectivity index (χ0n) is 16.6. The number of aromatic nitrogens is 2. The minimum absolute atomic E-state index is 0.0847. The van der Waals surface area contributed by atoms with Crippen LogP contribution in [0, 0.1) is 5.82 Å². The fourth-order valence-corrected chi connectivity index (χ4v) is 2.96. The van der Waals surface area contributed by atoms with Crippen LogP contribution in [0.3, 0.4) is 0 Å². The number of carboxylic acids is 1. The average Bonchev–Trinajstić information content (AvgIpc) is 2.75. The Balaban J connectivity index is 1.77. The number of benzene rings is 2. The molecule has 0 saturated carbocycles. The third-order valence-electron chi connectivity index (χ3n) is 4.53.